The van der Waals surface area contributed by atoms with Crippen LogP contribution in [0.4, 0.5) is 4.79 Å². The zero-order valence-corrected chi connectivity index (χ0v) is 24.3. The molecule has 208 valence electrons. The van der Waals surface area contributed by atoms with Crippen molar-refractivity contribution in [1.29, 1.82) is 0 Å². The van der Waals surface area contributed by atoms with Crippen molar-refractivity contribution in [3.63, 3.8) is 0 Å². The number of amides is 2. The van der Waals surface area contributed by atoms with Crippen LogP contribution in [0.1, 0.15) is 73.6 Å². The molecule has 1 saturated heterocycles. The number of piperidine rings is 1. The minimum Gasteiger partial charge on any atom is -0.444 e. The number of aliphatic hydroxyl groups excluding tert-OH is 1. The number of benzene rings is 1. The number of likely N-dealkylation sites (tertiary alicyclic amines) is 1. The van der Waals surface area contributed by atoms with Gasteiger partial charge in [-0.3, -0.25) is 9.69 Å². The molecule has 1 aliphatic heterocycles. The van der Waals surface area contributed by atoms with Crippen molar-refractivity contribution in [3.8, 4) is 0 Å². The number of rotatable bonds is 8. The van der Waals surface area contributed by atoms with E-state index in [9.17, 15) is 14.7 Å². The first-order chi connectivity index (χ1) is 17.3. The smallest absolute Gasteiger partial charge is 0.407 e. The summed E-state index contributed by atoms with van der Waals surface area (Å²) in [7, 11) is 0. The SMILES string of the molecule is CC(C)(C)NC(=O)[C@@H]1C[C@@H]2CCCC[C@@H]2CN1C[C@@H](O)[C@H](CSc1ccccc1)NC(=O)OC(C)(C)C. The van der Waals surface area contributed by atoms with Crippen LogP contribution < -0.4 is 10.6 Å². The average molecular weight is 534 g/mol. The third-order valence-electron chi connectivity index (χ3n) is 7.06. The van der Waals surface area contributed by atoms with Gasteiger partial charge in [-0.2, -0.15) is 0 Å². The zero-order valence-electron chi connectivity index (χ0n) is 23.5. The number of aliphatic hydroxyl groups is 1. The number of hydrogen-bond acceptors (Lipinski definition) is 6. The van der Waals surface area contributed by atoms with Crippen molar-refractivity contribution in [2.75, 3.05) is 18.8 Å². The molecule has 2 fully saturated rings. The fourth-order valence-corrected chi connectivity index (χ4v) is 6.43. The summed E-state index contributed by atoms with van der Waals surface area (Å²) in [6.45, 7) is 12.6. The zero-order chi connectivity index (χ0) is 27.2. The summed E-state index contributed by atoms with van der Waals surface area (Å²) in [4.78, 5) is 29.3. The van der Waals surface area contributed by atoms with Crippen LogP contribution in [0, 0.1) is 11.8 Å². The van der Waals surface area contributed by atoms with E-state index >= 15 is 0 Å². The third kappa shape index (κ3) is 9.80. The lowest BCUT2D eigenvalue weighted by atomic mass is 9.72. The molecule has 0 radical (unpaired) electrons. The summed E-state index contributed by atoms with van der Waals surface area (Å²) in [5.74, 6) is 1.63. The topological polar surface area (TPSA) is 90.9 Å². The van der Waals surface area contributed by atoms with E-state index in [0.717, 1.165) is 17.9 Å². The van der Waals surface area contributed by atoms with E-state index in [0.29, 0.717) is 24.1 Å². The Morgan fingerprint density at radius 2 is 1.73 bits per heavy atom. The van der Waals surface area contributed by atoms with Gasteiger partial charge in [-0.05, 0) is 78.4 Å². The van der Waals surface area contributed by atoms with Gasteiger partial charge in [0.1, 0.15) is 5.60 Å². The van der Waals surface area contributed by atoms with Crippen LogP contribution in [-0.2, 0) is 9.53 Å². The monoisotopic (exact) mass is 533 g/mol. The number of nitrogens with one attached hydrogen (secondary N) is 2. The Hall–Kier alpha value is -1.77. The van der Waals surface area contributed by atoms with Crippen LogP contribution in [0.15, 0.2) is 35.2 Å². The van der Waals surface area contributed by atoms with E-state index in [1.165, 1.54) is 25.7 Å². The third-order valence-corrected chi connectivity index (χ3v) is 8.20. The molecule has 3 N–H and O–H groups in total. The molecule has 5 atom stereocenters. The van der Waals surface area contributed by atoms with Crippen LogP contribution in [0.3, 0.4) is 0 Å². The molecule has 0 unspecified atom stereocenters. The van der Waals surface area contributed by atoms with Gasteiger partial charge in [0.05, 0.1) is 18.2 Å². The Balaban J connectivity index is 1.75. The highest BCUT2D eigenvalue weighted by Crippen LogP contribution is 2.39. The van der Waals surface area contributed by atoms with E-state index in [1.807, 2.05) is 71.9 Å². The van der Waals surface area contributed by atoms with Gasteiger partial charge in [0, 0.05) is 29.3 Å². The van der Waals surface area contributed by atoms with Gasteiger partial charge in [-0.15, -0.1) is 11.8 Å². The first-order valence-corrected chi connectivity index (χ1v) is 14.7. The lowest BCUT2D eigenvalue weighted by molar-refractivity contribution is -0.132. The lowest BCUT2D eigenvalue weighted by Gasteiger charge is -2.47. The van der Waals surface area contributed by atoms with Gasteiger partial charge in [-0.25, -0.2) is 4.79 Å². The maximum Gasteiger partial charge on any atom is 0.407 e. The quantitative estimate of drug-likeness (QED) is 0.415. The molecule has 1 aliphatic carbocycles. The molecule has 37 heavy (non-hydrogen) atoms. The van der Waals surface area contributed by atoms with Crippen molar-refractivity contribution >= 4 is 23.8 Å². The predicted octanol–water partition coefficient (Wildman–Crippen LogP) is 4.83. The summed E-state index contributed by atoms with van der Waals surface area (Å²) >= 11 is 1.58. The van der Waals surface area contributed by atoms with Crippen LogP contribution >= 0.6 is 11.8 Å². The molecule has 1 aromatic rings. The summed E-state index contributed by atoms with van der Waals surface area (Å²) in [6.07, 6.45) is 4.24. The number of β-amino-alcohol motifs (C(OH)–C–C–N with tert-alkyl or cyclic N) is 1. The Morgan fingerprint density at radius 1 is 1.08 bits per heavy atom. The molecule has 0 spiro atoms. The number of ether oxygens (including phenoxy) is 1. The number of nitrogens with zero attached hydrogens (tertiary/aromatic N) is 1. The minimum absolute atomic E-state index is 0.0269. The molecule has 0 bridgehead atoms. The summed E-state index contributed by atoms with van der Waals surface area (Å²) in [5, 5.41) is 17.5. The molecule has 3 rings (SSSR count). The number of fused-ring (bicyclic) bond motifs is 1. The minimum atomic E-state index is -0.853. The Labute approximate surface area is 227 Å². The van der Waals surface area contributed by atoms with E-state index < -0.39 is 23.8 Å². The van der Waals surface area contributed by atoms with Crippen molar-refractivity contribution in [2.45, 2.75) is 108 Å². The van der Waals surface area contributed by atoms with Gasteiger partial charge in [0.2, 0.25) is 5.91 Å². The Morgan fingerprint density at radius 3 is 2.35 bits per heavy atom. The highest BCUT2D eigenvalue weighted by atomic mass is 32.2. The number of thioether (sulfide) groups is 1. The van der Waals surface area contributed by atoms with E-state index in [-0.39, 0.29) is 17.5 Å². The molecule has 2 amide bonds. The maximum absolute atomic E-state index is 13.4. The predicted molar refractivity (Wildman–Crippen MR) is 150 cm³/mol. The van der Waals surface area contributed by atoms with Crippen molar-refractivity contribution in [2.24, 2.45) is 11.8 Å². The van der Waals surface area contributed by atoms with Gasteiger partial charge in [-0.1, -0.05) is 37.5 Å². The molecule has 8 heteroatoms. The van der Waals surface area contributed by atoms with E-state index in [4.69, 9.17) is 4.74 Å². The summed E-state index contributed by atoms with van der Waals surface area (Å²) < 4.78 is 5.50. The normalized spacial score (nSPS) is 24.5. The summed E-state index contributed by atoms with van der Waals surface area (Å²) in [6, 6.07) is 9.13. The first kappa shape index (κ1) is 29.8. The second kappa shape index (κ2) is 12.9. The molecule has 1 aromatic carbocycles. The number of carbonyl (C=O) groups excluding carboxylic acids is 2. The molecular formula is C29H47N3O4S. The Kier molecular flexibility index (Phi) is 10.3. The summed E-state index contributed by atoms with van der Waals surface area (Å²) in [5.41, 5.74) is -0.955. The van der Waals surface area contributed by atoms with E-state index in [1.54, 1.807) is 11.8 Å². The van der Waals surface area contributed by atoms with Crippen LogP contribution in [-0.4, -0.2) is 70.2 Å². The fourth-order valence-electron chi connectivity index (χ4n) is 5.41. The molecule has 1 saturated carbocycles. The number of hydrogen-bond donors (Lipinski definition) is 3. The second-order valence-electron chi connectivity index (χ2n) is 12.7. The average Bonchev–Trinajstić information content (AvgIpc) is 2.79. The van der Waals surface area contributed by atoms with Crippen LogP contribution in [0.5, 0.6) is 0 Å². The number of carbonyl (C=O) groups is 2. The largest absolute Gasteiger partial charge is 0.444 e. The van der Waals surface area contributed by atoms with Gasteiger partial charge in [0.15, 0.2) is 0 Å². The molecular weight excluding hydrogens is 486 g/mol. The van der Waals surface area contributed by atoms with Crippen molar-refractivity contribution < 1.29 is 19.4 Å². The van der Waals surface area contributed by atoms with Crippen molar-refractivity contribution in [1.82, 2.24) is 15.5 Å². The lowest BCUT2D eigenvalue weighted by Crippen LogP contribution is -2.60. The standard InChI is InChI=1S/C29H47N3O4S/c1-28(2,3)31-26(34)24-16-20-12-10-11-13-21(20)17-32(24)18-25(33)23(30-27(35)36-29(4,5)6)19-37-22-14-8-7-9-15-22/h7-9,14-15,20-21,23-25,33H,10-13,16-19H2,1-6H3,(H,30,35)(H,31,34)/t20-,21+,23-,24-,25+/m0/s1. The molecule has 7 nitrogen and oxygen atoms in total. The maximum atomic E-state index is 13.4. The first-order valence-electron chi connectivity index (χ1n) is 13.7. The van der Waals surface area contributed by atoms with Gasteiger partial charge in [0.25, 0.3) is 0 Å². The van der Waals surface area contributed by atoms with Crippen LogP contribution in [0.2, 0.25) is 0 Å². The second-order valence-corrected chi connectivity index (χ2v) is 13.8. The van der Waals surface area contributed by atoms with Crippen molar-refractivity contribution in [3.05, 3.63) is 30.3 Å². The van der Waals surface area contributed by atoms with Crippen LogP contribution in [0.25, 0.3) is 0 Å². The fraction of sp³-hybridized carbons (Fsp3) is 0.724. The molecule has 1 heterocycles. The molecule has 0 aromatic heterocycles. The number of alkyl carbamates (subject to hydrolysis) is 1. The van der Waals surface area contributed by atoms with Gasteiger partial charge < -0.3 is 20.5 Å². The highest BCUT2D eigenvalue weighted by Gasteiger charge is 2.41. The Bertz CT molecular complexity index is 883. The van der Waals surface area contributed by atoms with E-state index in [2.05, 4.69) is 15.5 Å². The molecule has 2 aliphatic rings. The highest BCUT2D eigenvalue weighted by molar-refractivity contribution is 7.99. The van der Waals surface area contributed by atoms with Gasteiger partial charge >= 0.3 is 6.09 Å².